The van der Waals surface area contributed by atoms with E-state index in [4.69, 9.17) is 4.98 Å². The average molecular weight is 1320 g/mol. The summed E-state index contributed by atoms with van der Waals surface area (Å²) in [5.41, 5.74) is 41.3. The van der Waals surface area contributed by atoms with Gasteiger partial charge in [0.15, 0.2) is 6.20 Å². The van der Waals surface area contributed by atoms with Crippen molar-refractivity contribution in [1.82, 2.24) is 14.5 Å². The van der Waals surface area contributed by atoms with Gasteiger partial charge in [-0.05, 0) is 197 Å². The van der Waals surface area contributed by atoms with Crippen molar-refractivity contribution in [1.29, 1.82) is 0 Å². The van der Waals surface area contributed by atoms with Crippen LogP contribution in [0.1, 0.15) is 16.7 Å². The van der Waals surface area contributed by atoms with E-state index < -0.39 is 0 Å². The molecule has 4 heterocycles. The molecule has 13 aromatic carbocycles. The maximum Gasteiger partial charge on any atom is 0.294 e. The van der Waals surface area contributed by atoms with Gasteiger partial charge in [0.1, 0.15) is 18.3 Å². The number of aryl methyl sites for hydroxylation is 6. The molecule has 0 aliphatic heterocycles. The molecule has 0 fully saturated rings. The molecule has 4 aromatic heterocycles. The van der Waals surface area contributed by atoms with E-state index in [1.807, 2.05) is 17.9 Å². The summed E-state index contributed by atoms with van der Waals surface area (Å²) in [6, 6.07) is 113. The predicted octanol–water partition coefficient (Wildman–Crippen LogP) is 22.6. The highest BCUT2D eigenvalue weighted by Gasteiger charge is 2.32. The number of hydrogen-bond acceptors (Lipinski definition) is 2. The number of nitrogens with zero attached hydrogens (tertiary/aromatic N) is 6. The van der Waals surface area contributed by atoms with Gasteiger partial charge in [-0.2, -0.15) is 4.57 Å². The first-order valence-electron chi connectivity index (χ1n) is 35.4. The smallest absolute Gasteiger partial charge is 0.236 e. The third-order valence-corrected chi connectivity index (χ3v) is 21.3. The minimum Gasteiger partial charge on any atom is -0.236 e. The van der Waals surface area contributed by atoms with Crippen molar-refractivity contribution in [3.8, 4) is 162 Å². The summed E-state index contributed by atoms with van der Waals surface area (Å²) in [6.45, 7) is 6.60. The quantitative estimate of drug-likeness (QED) is 0.165. The van der Waals surface area contributed by atoms with Crippen LogP contribution < -0.4 is 13.7 Å². The summed E-state index contributed by atoms with van der Waals surface area (Å²) in [7, 11) is 6.30. The largest absolute Gasteiger partial charge is 0.294 e. The molecule has 3 aliphatic rings. The molecule has 103 heavy (non-hydrogen) atoms. The van der Waals surface area contributed by atoms with Crippen LogP contribution in [0.5, 0.6) is 0 Å². The van der Waals surface area contributed by atoms with E-state index in [0.717, 1.165) is 11.4 Å². The minimum absolute atomic E-state index is 0.912. The molecular formula is C97H73N6+3. The van der Waals surface area contributed by atoms with E-state index in [-0.39, 0.29) is 0 Å². The van der Waals surface area contributed by atoms with Crippen LogP contribution >= 0.6 is 0 Å². The van der Waals surface area contributed by atoms with Gasteiger partial charge in [0, 0.05) is 28.1 Å². The Morgan fingerprint density at radius 2 is 0.650 bits per heavy atom. The third-order valence-electron chi connectivity index (χ3n) is 21.3. The normalized spacial score (nSPS) is 11.6. The lowest BCUT2D eigenvalue weighted by Gasteiger charge is -2.25. The van der Waals surface area contributed by atoms with Crippen LogP contribution in [0, 0.1) is 20.8 Å². The van der Waals surface area contributed by atoms with Crippen molar-refractivity contribution in [3.63, 3.8) is 0 Å². The van der Waals surface area contributed by atoms with Crippen LogP contribution in [0.4, 0.5) is 0 Å². The molecule has 0 spiro atoms. The Labute approximate surface area is 601 Å². The molecule has 20 rings (SSSR count). The zero-order valence-electron chi connectivity index (χ0n) is 58.4. The Balaban J connectivity index is 0.000000111. The highest BCUT2D eigenvalue weighted by Crippen LogP contribution is 2.53. The Morgan fingerprint density at radius 1 is 0.272 bits per heavy atom. The zero-order chi connectivity index (χ0) is 69.4. The van der Waals surface area contributed by atoms with E-state index in [9.17, 15) is 0 Å². The lowest BCUT2D eigenvalue weighted by molar-refractivity contribution is -0.666. The zero-order valence-corrected chi connectivity index (χ0v) is 58.4. The fourth-order valence-corrected chi connectivity index (χ4v) is 16.6. The number of pyridine rings is 2. The van der Waals surface area contributed by atoms with Gasteiger partial charge < -0.3 is 0 Å². The lowest BCUT2D eigenvalue weighted by atomic mass is 9.78. The van der Waals surface area contributed by atoms with Gasteiger partial charge >= 0.3 is 0 Å². The van der Waals surface area contributed by atoms with Gasteiger partial charge in [0.2, 0.25) is 12.0 Å². The van der Waals surface area contributed by atoms with Crippen molar-refractivity contribution < 1.29 is 13.7 Å². The van der Waals surface area contributed by atoms with Crippen molar-refractivity contribution in [2.75, 3.05) is 0 Å². The summed E-state index contributed by atoms with van der Waals surface area (Å²) >= 11 is 0. The minimum atomic E-state index is 0.912. The second-order valence-electron chi connectivity index (χ2n) is 27.3. The van der Waals surface area contributed by atoms with Crippen LogP contribution in [-0.2, 0) is 21.1 Å². The number of aromatic nitrogens is 6. The topological polar surface area (TPSA) is 42.4 Å². The van der Waals surface area contributed by atoms with Crippen LogP contribution in [-0.4, -0.2) is 14.5 Å². The fourth-order valence-electron chi connectivity index (χ4n) is 16.6. The molecule has 17 aromatic rings. The Kier molecular flexibility index (Phi) is 15.5. The molecule has 0 atom stereocenters. The summed E-state index contributed by atoms with van der Waals surface area (Å²) < 4.78 is 8.96. The second kappa shape index (κ2) is 25.6. The number of hydrogen-bond donors (Lipinski definition) is 0. The van der Waals surface area contributed by atoms with Crippen molar-refractivity contribution >= 4 is 21.9 Å². The maximum atomic E-state index is 4.70. The molecule has 0 unspecified atom stereocenters. The monoisotopic (exact) mass is 1320 g/mol. The van der Waals surface area contributed by atoms with Crippen LogP contribution in [0.15, 0.2) is 334 Å². The Hall–Kier alpha value is -13.0. The number of para-hydroxylation sites is 1. The van der Waals surface area contributed by atoms with E-state index in [2.05, 4.69) is 375 Å². The van der Waals surface area contributed by atoms with E-state index in [1.165, 1.54) is 189 Å². The molecule has 0 saturated carbocycles. The summed E-state index contributed by atoms with van der Waals surface area (Å²) in [6.07, 6.45) is 7.90. The van der Waals surface area contributed by atoms with Crippen LogP contribution in [0.2, 0.25) is 0 Å². The van der Waals surface area contributed by atoms with Gasteiger partial charge in [-0.15, -0.1) is 0 Å². The molecule has 0 N–H and O–H groups in total. The first-order chi connectivity index (χ1) is 50.7. The van der Waals surface area contributed by atoms with Crippen LogP contribution in [0.3, 0.4) is 0 Å². The molecular weight excluding hydrogens is 1250 g/mol. The molecule has 6 nitrogen and oxygen atoms in total. The summed E-state index contributed by atoms with van der Waals surface area (Å²) in [5.74, 6) is 0.912. The molecule has 6 heteroatoms. The molecule has 0 radical (unpaired) electrons. The standard InChI is InChI=1S/C37H27N2.C31H24N.C29H22N3/c1-24-22-33-29-16-7-5-14-27(29)25-12-3-4-13-26(25)28-15-6-8-17-30(28)34(33)23-36(24)39-35-20-10-9-18-31(35)32-19-11-21-38(2)37(32)39;1-21-11-3-4-12-22(21)31-19-29-27-17-9-7-15-25(27)23-13-5-6-14-24(23)26-16-8-10-18-28(26)30(29)20-32(31)2;1-19-15-16-26-24-13-6-5-11-22(24)20-9-3-4-10-21(20)23-12-7-8-14-25(23)28(26)27(19)29-31-17-30-18-32(29)2/h3-23H,1-2H3;3-20H,1-2H3;3-18H,1-2H3/q3*+1. The molecule has 0 bridgehead atoms. The highest BCUT2D eigenvalue weighted by atomic mass is 15.1. The third kappa shape index (κ3) is 10.4. The molecule has 488 valence electrons. The van der Waals surface area contributed by atoms with Gasteiger partial charge in [0.25, 0.3) is 17.8 Å². The first kappa shape index (κ1) is 62.2. The van der Waals surface area contributed by atoms with Gasteiger partial charge in [0.05, 0.1) is 36.8 Å². The van der Waals surface area contributed by atoms with Gasteiger partial charge in [-0.1, -0.05) is 271 Å². The average Bonchev–Trinajstić information content (AvgIpc) is 1.64. The molecule has 3 aliphatic carbocycles. The first-order valence-corrected chi connectivity index (χ1v) is 35.4. The van der Waals surface area contributed by atoms with Crippen molar-refractivity contribution in [3.05, 3.63) is 351 Å². The lowest BCUT2D eigenvalue weighted by Crippen LogP contribution is -2.32. The van der Waals surface area contributed by atoms with Crippen molar-refractivity contribution in [2.45, 2.75) is 20.8 Å². The second-order valence-corrected chi connectivity index (χ2v) is 27.3. The van der Waals surface area contributed by atoms with E-state index >= 15 is 0 Å². The molecule has 0 amide bonds. The summed E-state index contributed by atoms with van der Waals surface area (Å²) in [5, 5.41) is 2.54. The maximum absolute atomic E-state index is 4.70. The van der Waals surface area contributed by atoms with Gasteiger partial charge in [-0.25, -0.2) is 13.7 Å². The van der Waals surface area contributed by atoms with Crippen molar-refractivity contribution in [2.24, 2.45) is 21.1 Å². The van der Waals surface area contributed by atoms with Gasteiger partial charge in [-0.3, -0.25) is 0 Å². The Bertz CT molecular complexity index is 6230. The SMILES string of the molecule is Cc1cc2c(cc1-n1c3ccccc3c3ccc[n+](C)c31)-c1ccccc1-c1ccccc1-c1ccccc1-2.Cc1ccc2c(c1-c1ncnc[n+]1C)-c1ccccc1-c1ccccc1-c1ccccc1-2.Cc1ccccc1-c1cc2c(c[n+]1C)-c1ccccc1-c1ccccc1-c1ccccc1-2. The Morgan fingerprint density at radius 3 is 1.13 bits per heavy atom. The number of rotatable bonds is 3. The van der Waals surface area contributed by atoms with E-state index in [0.29, 0.717) is 0 Å². The highest BCUT2D eigenvalue weighted by molar-refractivity contribution is 6.10. The number of fused-ring (bicyclic) bond motifs is 27. The van der Waals surface area contributed by atoms with E-state index in [1.54, 1.807) is 6.33 Å². The number of benzene rings is 13. The fraction of sp³-hybridized carbons (Fsp3) is 0.0619. The van der Waals surface area contributed by atoms with Crippen LogP contribution in [0.25, 0.3) is 184 Å². The summed E-state index contributed by atoms with van der Waals surface area (Å²) in [4.78, 5) is 8.90. The molecule has 0 saturated heterocycles. The predicted molar refractivity (Wildman–Crippen MR) is 424 cm³/mol.